The molecule has 0 saturated carbocycles. The molecule has 0 aromatic heterocycles. The summed E-state index contributed by atoms with van der Waals surface area (Å²) in [5.41, 5.74) is 0. The van der Waals surface area contributed by atoms with Crippen LogP contribution in [0.3, 0.4) is 0 Å². The number of halogens is 19. The van der Waals surface area contributed by atoms with E-state index in [1.165, 1.54) is 0 Å². The molecule has 0 aromatic carbocycles. The second-order valence-corrected chi connectivity index (χ2v) is 10.6. The van der Waals surface area contributed by atoms with Crippen LogP contribution in [0, 0.1) is 0 Å². The standard InChI is InChI=1S/C13H14F19N3Si/c1-34-36(33,35-2)4-3-5(14,15)6(16,17)7(18,19)8(20,21)9(22,23)10(24,25)11(26,27)12(28,29)13(30,31)32/h34-35H,3-4,33H2,1-2H3. The van der Waals surface area contributed by atoms with Crippen molar-refractivity contribution in [2.75, 3.05) is 14.1 Å². The average Bonchev–Trinajstić information content (AvgIpc) is 2.70. The summed E-state index contributed by atoms with van der Waals surface area (Å²) in [7, 11) is -2.12. The highest BCUT2D eigenvalue weighted by molar-refractivity contribution is 6.71. The monoisotopic (exact) mass is 601 g/mol. The van der Waals surface area contributed by atoms with Crippen LogP contribution in [0.5, 0.6) is 0 Å². The minimum Gasteiger partial charge on any atom is -0.327 e. The van der Waals surface area contributed by atoms with Crippen LogP contribution in [0.4, 0.5) is 83.4 Å². The van der Waals surface area contributed by atoms with Gasteiger partial charge in [-0.3, -0.25) is 0 Å². The first-order chi connectivity index (χ1) is 15.3. The first-order valence-electron chi connectivity index (χ1n) is 8.59. The van der Waals surface area contributed by atoms with Gasteiger partial charge in [-0.2, -0.15) is 83.4 Å². The third kappa shape index (κ3) is 4.71. The molecule has 4 N–H and O–H groups in total. The molecule has 0 aliphatic heterocycles. The van der Waals surface area contributed by atoms with Gasteiger partial charge in [0.2, 0.25) is 0 Å². The van der Waals surface area contributed by atoms with Crippen LogP contribution in [0.1, 0.15) is 6.42 Å². The lowest BCUT2D eigenvalue weighted by Crippen LogP contribution is -2.76. The maximum atomic E-state index is 13.8. The maximum Gasteiger partial charge on any atom is 0.460 e. The fraction of sp³-hybridized carbons (Fsp3) is 1.00. The van der Waals surface area contributed by atoms with Crippen LogP contribution in [0.2, 0.25) is 6.04 Å². The Bertz CT molecular complexity index is 773. The lowest BCUT2D eigenvalue weighted by Gasteiger charge is -2.44. The van der Waals surface area contributed by atoms with Gasteiger partial charge >= 0.3 is 53.6 Å². The first kappa shape index (κ1) is 34.8. The van der Waals surface area contributed by atoms with E-state index in [4.69, 9.17) is 5.40 Å². The molecule has 0 radical (unpaired) electrons. The van der Waals surface area contributed by atoms with Crippen LogP contribution < -0.4 is 15.4 Å². The highest BCUT2D eigenvalue weighted by Gasteiger charge is 2.96. The van der Waals surface area contributed by atoms with Gasteiger partial charge in [0.25, 0.3) is 8.56 Å². The summed E-state index contributed by atoms with van der Waals surface area (Å²) in [6.07, 6.45) is -10.6. The number of hydrogen-bond donors (Lipinski definition) is 3. The third-order valence-corrected chi connectivity index (χ3v) is 7.73. The van der Waals surface area contributed by atoms with Crippen molar-refractivity contribution in [3.05, 3.63) is 0 Å². The predicted octanol–water partition coefficient (Wildman–Crippen LogP) is 5.36. The quantitative estimate of drug-likeness (QED) is 0.209. The molecule has 3 nitrogen and oxygen atoms in total. The molecule has 0 spiro atoms. The van der Waals surface area contributed by atoms with E-state index < -0.39 is 74.6 Å². The van der Waals surface area contributed by atoms with Gasteiger partial charge in [-0.1, -0.05) is 0 Å². The predicted molar refractivity (Wildman–Crippen MR) is 83.1 cm³/mol. The molecule has 0 bridgehead atoms. The molecule has 0 saturated heterocycles. The van der Waals surface area contributed by atoms with Crippen molar-refractivity contribution in [3.63, 3.8) is 0 Å². The normalized spacial score (nSPS) is 16.5. The largest absolute Gasteiger partial charge is 0.460 e. The number of alkyl halides is 19. The Morgan fingerprint density at radius 1 is 0.472 bits per heavy atom. The second kappa shape index (κ2) is 9.20. The van der Waals surface area contributed by atoms with Gasteiger partial charge in [0.15, 0.2) is 0 Å². The molecule has 0 rings (SSSR count). The zero-order valence-electron chi connectivity index (χ0n) is 17.2. The van der Waals surface area contributed by atoms with Crippen LogP contribution >= 0.6 is 0 Å². The minimum atomic E-state index is -8.91. The van der Waals surface area contributed by atoms with E-state index in [-0.39, 0.29) is 0 Å². The van der Waals surface area contributed by atoms with Gasteiger partial charge in [0.1, 0.15) is 0 Å². The van der Waals surface area contributed by atoms with Crippen molar-refractivity contribution in [3.8, 4) is 0 Å². The fourth-order valence-corrected chi connectivity index (χ4v) is 3.74. The molecule has 218 valence electrons. The lowest BCUT2D eigenvalue weighted by atomic mass is 9.87. The van der Waals surface area contributed by atoms with Crippen molar-refractivity contribution in [2.45, 2.75) is 66.0 Å². The Morgan fingerprint density at radius 2 is 0.722 bits per heavy atom. The van der Waals surface area contributed by atoms with Gasteiger partial charge in [0.05, 0.1) is 0 Å². The summed E-state index contributed by atoms with van der Waals surface area (Å²) in [5.74, 6) is -66.4. The van der Waals surface area contributed by atoms with Crippen molar-refractivity contribution < 1.29 is 83.4 Å². The molecule has 36 heavy (non-hydrogen) atoms. The topological polar surface area (TPSA) is 50.1 Å². The number of hydrogen-bond acceptors (Lipinski definition) is 3. The zero-order valence-corrected chi connectivity index (χ0v) is 18.2. The zero-order chi connectivity index (χ0) is 29.8. The Morgan fingerprint density at radius 3 is 0.972 bits per heavy atom. The average molecular weight is 601 g/mol. The summed E-state index contributed by atoms with van der Waals surface area (Å²) >= 11 is 0. The lowest BCUT2D eigenvalue weighted by molar-refractivity contribution is -0.468. The smallest absolute Gasteiger partial charge is 0.327 e. The van der Waals surface area contributed by atoms with Gasteiger partial charge in [0, 0.05) is 6.42 Å². The van der Waals surface area contributed by atoms with Gasteiger partial charge in [-0.05, 0) is 20.1 Å². The van der Waals surface area contributed by atoms with E-state index in [1.54, 1.807) is 0 Å². The molecule has 0 aromatic rings. The van der Waals surface area contributed by atoms with Gasteiger partial charge in [-0.15, -0.1) is 0 Å². The van der Waals surface area contributed by atoms with E-state index in [2.05, 4.69) is 0 Å². The molecule has 0 heterocycles. The van der Waals surface area contributed by atoms with E-state index in [9.17, 15) is 83.4 Å². The molecule has 0 fully saturated rings. The Hall–Kier alpha value is -1.23. The first-order valence-corrected chi connectivity index (χ1v) is 10.9. The van der Waals surface area contributed by atoms with Gasteiger partial charge < -0.3 is 15.4 Å². The molecule has 23 heteroatoms. The number of nitrogens with one attached hydrogen (secondary N) is 2. The summed E-state index contributed by atoms with van der Waals surface area (Å²) in [6, 6.07) is -1.48. The van der Waals surface area contributed by atoms with Crippen molar-refractivity contribution >= 4 is 8.56 Å². The second-order valence-electron chi connectivity index (χ2n) is 7.19. The summed E-state index contributed by atoms with van der Waals surface area (Å²) in [5, 5.41) is 5.33. The molecular formula is C13H14F19N3Si. The molecule has 0 aliphatic rings. The van der Waals surface area contributed by atoms with Crippen molar-refractivity contribution in [1.29, 1.82) is 0 Å². The summed E-state index contributed by atoms with van der Waals surface area (Å²) in [6.45, 7) is 0. The fourth-order valence-electron chi connectivity index (χ4n) is 2.28. The minimum absolute atomic E-state index is 0.904. The number of nitrogens with two attached hydrogens (primary N) is 1. The van der Waals surface area contributed by atoms with Crippen molar-refractivity contribution in [1.82, 2.24) is 9.96 Å². The van der Waals surface area contributed by atoms with E-state index in [0.717, 1.165) is 14.1 Å². The Kier molecular flexibility index (Phi) is 8.89. The molecule has 0 amide bonds. The highest BCUT2D eigenvalue weighted by Crippen LogP contribution is 2.65. The number of rotatable bonds is 12. The molecule has 0 unspecified atom stereocenters. The molecule has 0 aliphatic carbocycles. The van der Waals surface area contributed by atoms with E-state index in [0.29, 0.717) is 0 Å². The molecule has 0 atom stereocenters. The van der Waals surface area contributed by atoms with Crippen LogP contribution in [-0.4, -0.2) is 76.2 Å². The third-order valence-electron chi connectivity index (χ3n) is 4.91. The van der Waals surface area contributed by atoms with Crippen LogP contribution in [0.15, 0.2) is 0 Å². The Balaban J connectivity index is 6.74. The Labute approximate surface area is 188 Å². The van der Waals surface area contributed by atoms with E-state index in [1.807, 2.05) is 9.96 Å². The molecular weight excluding hydrogens is 587 g/mol. The summed E-state index contributed by atoms with van der Waals surface area (Å²) in [4.78, 5) is 4.07. The van der Waals surface area contributed by atoms with Crippen molar-refractivity contribution in [2.24, 2.45) is 5.40 Å². The van der Waals surface area contributed by atoms with Crippen LogP contribution in [-0.2, 0) is 0 Å². The van der Waals surface area contributed by atoms with Crippen LogP contribution in [0.25, 0.3) is 0 Å². The van der Waals surface area contributed by atoms with Gasteiger partial charge in [-0.25, -0.2) is 0 Å². The maximum absolute atomic E-state index is 13.8. The van der Waals surface area contributed by atoms with E-state index >= 15 is 0 Å². The highest BCUT2D eigenvalue weighted by atomic mass is 28.4. The summed E-state index contributed by atoms with van der Waals surface area (Å²) < 4.78 is 251. The SMILES string of the molecule is CN[Si](N)(CCC(F)(F)C(F)(F)C(F)(F)C(F)(F)C(F)(F)C(F)(F)C(F)(F)C(F)(F)C(F)(F)F)NC.